The Morgan fingerprint density at radius 3 is 2.76 bits per heavy atom. The highest BCUT2D eigenvalue weighted by Crippen LogP contribution is 2.61. The van der Waals surface area contributed by atoms with Gasteiger partial charge in [0.1, 0.15) is 0 Å². The summed E-state index contributed by atoms with van der Waals surface area (Å²) in [7, 11) is -4.44. The molecule has 2 fully saturated rings. The lowest BCUT2D eigenvalue weighted by Crippen LogP contribution is -2.54. The third kappa shape index (κ3) is 2.88. The van der Waals surface area contributed by atoms with Crippen LogP contribution in [0.3, 0.4) is 0 Å². The number of hydrogen-bond acceptors (Lipinski definition) is 3. The quantitative estimate of drug-likeness (QED) is 0.567. The van der Waals surface area contributed by atoms with E-state index in [1.807, 2.05) is 0 Å². The Kier molecular flexibility index (Phi) is 4.13. The zero-order chi connectivity index (χ0) is 17.7. The topological polar surface area (TPSA) is 95.5 Å². The molecule has 3 aliphatic carbocycles. The van der Waals surface area contributed by atoms with Crippen molar-refractivity contribution in [2.75, 3.05) is 0 Å². The van der Waals surface area contributed by atoms with Gasteiger partial charge in [-0.3, -0.25) is 14.8 Å². The van der Waals surface area contributed by atoms with Gasteiger partial charge in [-0.15, -0.1) is 4.83 Å². The number of fused-ring (bicyclic) bond motifs is 5. The second kappa shape index (κ2) is 6.07. The zero-order valence-electron chi connectivity index (χ0n) is 14.1. The second-order valence-corrected chi connectivity index (χ2v) is 8.89. The molecule has 3 aliphatic rings. The van der Waals surface area contributed by atoms with E-state index in [1.165, 1.54) is 11.1 Å². The van der Waals surface area contributed by atoms with E-state index < -0.39 is 15.7 Å². The largest absolute Gasteiger partial charge is 0.350 e. The Balaban J connectivity index is 1.60. The van der Waals surface area contributed by atoms with Crippen molar-refractivity contribution >= 4 is 16.2 Å². The van der Waals surface area contributed by atoms with Gasteiger partial charge in [-0.05, 0) is 67.4 Å². The molecule has 0 saturated heterocycles. The molecule has 7 heteroatoms. The van der Waals surface area contributed by atoms with Crippen molar-refractivity contribution in [2.45, 2.75) is 50.9 Å². The minimum absolute atomic E-state index is 0.280. The molecule has 2 saturated carbocycles. The lowest BCUT2D eigenvalue weighted by molar-refractivity contribution is -0.138. The SMILES string of the molecule is O=C(NNS(=O)(=O)O)[C@@]12CCC[C@H]1[C@@H]1CCc3ccccc3[C@H]1CC2. The van der Waals surface area contributed by atoms with E-state index in [9.17, 15) is 13.2 Å². The van der Waals surface area contributed by atoms with Gasteiger partial charge < -0.3 is 0 Å². The summed E-state index contributed by atoms with van der Waals surface area (Å²) in [5.74, 6) is 0.971. The van der Waals surface area contributed by atoms with Crippen LogP contribution in [-0.4, -0.2) is 18.9 Å². The average Bonchev–Trinajstić information content (AvgIpc) is 3.04. The molecule has 0 aromatic heterocycles. The number of benzene rings is 1. The first-order chi connectivity index (χ1) is 11.9. The third-order valence-electron chi connectivity index (χ3n) is 6.73. The summed E-state index contributed by atoms with van der Waals surface area (Å²) >= 11 is 0. The van der Waals surface area contributed by atoms with Gasteiger partial charge in [0.25, 0.3) is 0 Å². The highest BCUT2D eigenvalue weighted by Gasteiger charge is 2.56. The predicted molar refractivity (Wildman–Crippen MR) is 92.8 cm³/mol. The van der Waals surface area contributed by atoms with Gasteiger partial charge in [-0.25, -0.2) is 0 Å². The normalized spacial score (nSPS) is 33.9. The van der Waals surface area contributed by atoms with Crippen LogP contribution >= 0.6 is 0 Å². The first-order valence-electron chi connectivity index (χ1n) is 9.03. The third-order valence-corrected chi connectivity index (χ3v) is 7.09. The minimum atomic E-state index is -4.44. The van der Waals surface area contributed by atoms with Gasteiger partial charge in [-0.1, -0.05) is 30.7 Å². The molecule has 0 aliphatic heterocycles. The van der Waals surface area contributed by atoms with Crippen LogP contribution in [0.1, 0.15) is 55.6 Å². The molecule has 6 nitrogen and oxygen atoms in total. The lowest BCUT2D eigenvalue weighted by Gasteiger charge is -2.49. The first-order valence-corrected chi connectivity index (χ1v) is 10.5. The minimum Gasteiger partial charge on any atom is -0.276 e. The molecule has 1 aromatic carbocycles. The van der Waals surface area contributed by atoms with Gasteiger partial charge in [-0.2, -0.15) is 8.42 Å². The van der Waals surface area contributed by atoms with Crippen molar-refractivity contribution in [1.29, 1.82) is 0 Å². The van der Waals surface area contributed by atoms with Crippen LogP contribution in [0.4, 0.5) is 0 Å². The molecule has 0 radical (unpaired) electrons. The highest BCUT2D eigenvalue weighted by molar-refractivity contribution is 7.83. The maximum Gasteiger partial charge on any atom is 0.350 e. The van der Waals surface area contributed by atoms with E-state index in [2.05, 4.69) is 29.7 Å². The van der Waals surface area contributed by atoms with Gasteiger partial charge >= 0.3 is 10.3 Å². The Hall–Kier alpha value is -1.44. The molecule has 4 atom stereocenters. The maximum absolute atomic E-state index is 12.8. The van der Waals surface area contributed by atoms with Gasteiger partial charge in [0.05, 0.1) is 5.41 Å². The van der Waals surface area contributed by atoms with Crippen molar-refractivity contribution in [3.05, 3.63) is 35.4 Å². The monoisotopic (exact) mass is 364 g/mol. The van der Waals surface area contributed by atoms with Crippen LogP contribution in [0.15, 0.2) is 24.3 Å². The van der Waals surface area contributed by atoms with Crippen LogP contribution in [0, 0.1) is 17.3 Å². The molecule has 0 bridgehead atoms. The molecule has 3 N–H and O–H groups in total. The molecule has 25 heavy (non-hydrogen) atoms. The molecular weight excluding hydrogens is 340 g/mol. The Bertz CT molecular complexity index is 794. The van der Waals surface area contributed by atoms with Gasteiger partial charge in [0, 0.05) is 0 Å². The van der Waals surface area contributed by atoms with E-state index in [1.54, 1.807) is 4.83 Å². The molecule has 0 unspecified atom stereocenters. The van der Waals surface area contributed by atoms with Crippen molar-refractivity contribution in [2.24, 2.45) is 17.3 Å². The average molecular weight is 364 g/mol. The molecule has 0 heterocycles. The molecule has 136 valence electrons. The first kappa shape index (κ1) is 17.0. The lowest BCUT2D eigenvalue weighted by atomic mass is 9.55. The molecule has 4 rings (SSSR count). The Morgan fingerprint density at radius 2 is 1.96 bits per heavy atom. The van der Waals surface area contributed by atoms with E-state index in [-0.39, 0.29) is 11.8 Å². The van der Waals surface area contributed by atoms with E-state index in [4.69, 9.17) is 4.55 Å². The fraction of sp³-hybridized carbons (Fsp3) is 0.611. The Morgan fingerprint density at radius 1 is 1.16 bits per heavy atom. The number of hydrazine groups is 1. The van der Waals surface area contributed by atoms with Crippen LogP contribution in [-0.2, 0) is 21.5 Å². The molecule has 1 amide bonds. The van der Waals surface area contributed by atoms with Crippen LogP contribution < -0.4 is 10.3 Å². The van der Waals surface area contributed by atoms with Crippen molar-refractivity contribution in [3.63, 3.8) is 0 Å². The molecule has 0 spiro atoms. The number of nitrogens with one attached hydrogen (secondary N) is 2. The number of amides is 1. The summed E-state index contributed by atoms with van der Waals surface area (Å²) in [6, 6.07) is 8.63. The number of rotatable bonds is 3. The summed E-state index contributed by atoms with van der Waals surface area (Å²) in [6.07, 6.45) is 6.67. The van der Waals surface area contributed by atoms with Crippen LogP contribution in [0.2, 0.25) is 0 Å². The van der Waals surface area contributed by atoms with E-state index in [0.717, 1.165) is 44.9 Å². The number of hydrogen-bond donors (Lipinski definition) is 3. The highest BCUT2D eigenvalue weighted by atomic mass is 32.2. The van der Waals surface area contributed by atoms with Crippen LogP contribution in [0.5, 0.6) is 0 Å². The van der Waals surface area contributed by atoms with Crippen molar-refractivity contribution in [1.82, 2.24) is 10.3 Å². The number of carbonyl (C=O) groups is 1. The second-order valence-electron chi connectivity index (χ2n) is 7.73. The fourth-order valence-electron chi connectivity index (χ4n) is 5.81. The standard InChI is InChI=1S/C18H24N2O4S/c21-17(19-20-25(22,23)24)18-10-3-6-16(18)15-8-7-12-4-1-2-5-13(12)14(15)9-11-18/h1-2,4-5,14-16,20H,3,6-11H2,(H,19,21)(H,22,23,24)/t14-,15-,16+,18-/m1/s1. The van der Waals surface area contributed by atoms with Crippen LogP contribution in [0.25, 0.3) is 0 Å². The zero-order valence-corrected chi connectivity index (χ0v) is 14.9. The summed E-state index contributed by atoms with van der Waals surface area (Å²) in [5.41, 5.74) is 4.61. The number of carbonyl (C=O) groups excluding carboxylic acids is 1. The van der Waals surface area contributed by atoms with Crippen molar-refractivity contribution in [3.8, 4) is 0 Å². The fourth-order valence-corrected chi connectivity index (χ4v) is 6.03. The van der Waals surface area contributed by atoms with Crippen molar-refractivity contribution < 1.29 is 17.8 Å². The summed E-state index contributed by atoms with van der Waals surface area (Å²) in [6.45, 7) is 0. The smallest absolute Gasteiger partial charge is 0.276 e. The van der Waals surface area contributed by atoms with E-state index >= 15 is 0 Å². The number of aryl methyl sites for hydroxylation is 1. The summed E-state index contributed by atoms with van der Waals surface area (Å²) < 4.78 is 30.7. The van der Waals surface area contributed by atoms with E-state index in [0.29, 0.717) is 11.8 Å². The predicted octanol–water partition coefficient (Wildman–Crippen LogP) is 2.34. The molecular formula is C18H24N2O4S. The van der Waals surface area contributed by atoms with Gasteiger partial charge in [0.2, 0.25) is 5.91 Å². The summed E-state index contributed by atoms with van der Waals surface area (Å²) in [5, 5.41) is 0. The maximum atomic E-state index is 12.8. The Labute approximate surface area is 148 Å². The summed E-state index contributed by atoms with van der Waals surface area (Å²) in [4.78, 5) is 14.6. The van der Waals surface area contributed by atoms with Gasteiger partial charge in [0.15, 0.2) is 0 Å². The molecule has 1 aromatic rings.